The number of benzene rings is 3. The molecule has 4 aromatic rings. The van der Waals surface area contributed by atoms with Gasteiger partial charge in [0.05, 0.1) is 40.1 Å². The highest BCUT2D eigenvalue weighted by atomic mass is 35.5. The topological polar surface area (TPSA) is 189 Å². The maximum Gasteiger partial charge on any atom is 0.356 e. The number of allylic oxidation sites excluding steroid dienone is 2. The summed E-state index contributed by atoms with van der Waals surface area (Å²) in [5.41, 5.74) is 2.73. The van der Waals surface area contributed by atoms with E-state index in [0.717, 1.165) is 12.2 Å². The number of carboxylic acids is 1. The molecule has 58 heavy (non-hydrogen) atoms. The number of carboxylic acid groups (broad SMARTS) is 1. The molecule has 14 heteroatoms. The number of aliphatic hydroxyl groups is 1. The van der Waals surface area contributed by atoms with E-state index in [1.165, 1.54) is 14.0 Å². The number of methoxy groups -OCH3 is 1. The zero-order valence-corrected chi connectivity index (χ0v) is 35.3. The molecule has 5 rings (SSSR count). The monoisotopic (exact) mass is 813 g/mol. The van der Waals surface area contributed by atoms with Crippen molar-refractivity contribution in [1.29, 1.82) is 0 Å². The molecule has 13 nitrogen and oxygen atoms in total. The molecule has 0 unspecified atom stereocenters. The molecule has 0 aliphatic heterocycles. The van der Waals surface area contributed by atoms with Crippen LogP contribution in [-0.2, 0) is 14.3 Å². The minimum atomic E-state index is -2.42. The third-order valence-corrected chi connectivity index (χ3v) is 11.6. The lowest BCUT2D eigenvalue weighted by Crippen LogP contribution is -2.47. The molecule has 0 saturated heterocycles. The molecule has 1 heterocycles. The van der Waals surface area contributed by atoms with Gasteiger partial charge >= 0.3 is 23.9 Å². The van der Waals surface area contributed by atoms with Gasteiger partial charge in [0.25, 0.3) is 0 Å². The zero-order chi connectivity index (χ0) is 43.5. The number of carbonyl (C=O) groups excluding carboxylic acids is 4. The van der Waals surface area contributed by atoms with Crippen molar-refractivity contribution in [2.24, 2.45) is 0 Å². The SMILES string of the molecule is COC1=CC(=O)C=C(C)[C@]1(O)C(=O)Oc1c(C)c(C)c(C(=O)Oc2c(C)c(C)c(C(=O)Oc3c(C)c(C)c(C(=O)O)c(C)c3C)c(C)c2-c2cc(C)no2)c(C)c1Cl. The van der Waals surface area contributed by atoms with Crippen LogP contribution in [0.1, 0.15) is 99.3 Å². The van der Waals surface area contributed by atoms with E-state index in [1.807, 2.05) is 0 Å². The Morgan fingerprint density at radius 1 is 0.655 bits per heavy atom. The maximum atomic E-state index is 14.3. The van der Waals surface area contributed by atoms with Gasteiger partial charge in [-0.15, -0.1) is 0 Å². The minimum Gasteiger partial charge on any atom is -0.497 e. The second-order valence-electron chi connectivity index (χ2n) is 14.5. The van der Waals surface area contributed by atoms with Crippen LogP contribution in [0.4, 0.5) is 0 Å². The van der Waals surface area contributed by atoms with Crippen LogP contribution in [0.15, 0.2) is 34.1 Å². The Kier molecular flexibility index (Phi) is 11.7. The van der Waals surface area contributed by atoms with Gasteiger partial charge in [-0.3, -0.25) is 4.79 Å². The number of ketones is 1. The lowest BCUT2D eigenvalue weighted by Gasteiger charge is -2.30. The highest BCUT2D eigenvalue weighted by Crippen LogP contribution is 2.44. The summed E-state index contributed by atoms with van der Waals surface area (Å²) < 4.78 is 28.8. The van der Waals surface area contributed by atoms with Crippen molar-refractivity contribution >= 4 is 41.3 Å². The van der Waals surface area contributed by atoms with Crippen LogP contribution in [0, 0.1) is 76.2 Å². The Morgan fingerprint density at radius 2 is 1.14 bits per heavy atom. The maximum absolute atomic E-state index is 14.3. The van der Waals surface area contributed by atoms with Crippen molar-refractivity contribution in [1.82, 2.24) is 5.16 Å². The third kappa shape index (κ3) is 6.98. The molecule has 0 radical (unpaired) electrons. The zero-order valence-electron chi connectivity index (χ0n) is 34.5. The van der Waals surface area contributed by atoms with Crippen LogP contribution in [0.3, 0.4) is 0 Å². The van der Waals surface area contributed by atoms with Crippen LogP contribution in [-0.4, -0.2) is 57.7 Å². The van der Waals surface area contributed by atoms with Crippen LogP contribution in [0.25, 0.3) is 11.3 Å². The van der Waals surface area contributed by atoms with E-state index in [4.69, 9.17) is 35.1 Å². The highest BCUT2D eigenvalue weighted by molar-refractivity contribution is 6.33. The molecule has 0 bridgehead atoms. The van der Waals surface area contributed by atoms with Gasteiger partial charge in [0.15, 0.2) is 17.3 Å². The highest BCUT2D eigenvalue weighted by Gasteiger charge is 2.48. The first-order valence-corrected chi connectivity index (χ1v) is 18.5. The molecule has 1 aromatic heterocycles. The molecule has 0 spiro atoms. The lowest BCUT2D eigenvalue weighted by atomic mass is 9.87. The van der Waals surface area contributed by atoms with Crippen molar-refractivity contribution in [2.75, 3.05) is 7.11 Å². The summed E-state index contributed by atoms with van der Waals surface area (Å²) in [6, 6.07) is 1.63. The summed E-state index contributed by atoms with van der Waals surface area (Å²) >= 11 is 6.80. The largest absolute Gasteiger partial charge is 0.497 e. The number of nitrogens with zero attached hydrogens (tertiary/aromatic N) is 1. The average Bonchev–Trinajstić information content (AvgIpc) is 3.58. The van der Waals surface area contributed by atoms with Gasteiger partial charge < -0.3 is 33.7 Å². The Hall–Kier alpha value is -6.05. The van der Waals surface area contributed by atoms with E-state index < -0.39 is 35.3 Å². The predicted octanol–water partition coefficient (Wildman–Crippen LogP) is 8.22. The third-order valence-electron chi connectivity index (χ3n) is 11.1. The molecule has 0 amide bonds. The fraction of sp³-hybridized carbons (Fsp3) is 0.318. The van der Waals surface area contributed by atoms with E-state index >= 15 is 0 Å². The van der Waals surface area contributed by atoms with Crippen molar-refractivity contribution in [3.63, 3.8) is 0 Å². The fourth-order valence-electron chi connectivity index (χ4n) is 7.31. The van der Waals surface area contributed by atoms with Crippen molar-refractivity contribution in [3.05, 3.63) is 113 Å². The predicted molar refractivity (Wildman–Crippen MR) is 213 cm³/mol. The van der Waals surface area contributed by atoms with E-state index in [0.29, 0.717) is 50.2 Å². The molecule has 3 aromatic carbocycles. The first-order valence-electron chi connectivity index (χ1n) is 18.1. The number of ether oxygens (including phenoxy) is 4. The van der Waals surface area contributed by atoms with E-state index in [1.54, 1.807) is 82.2 Å². The van der Waals surface area contributed by atoms with E-state index in [2.05, 4.69) is 5.16 Å². The van der Waals surface area contributed by atoms with Gasteiger partial charge in [-0.05, 0) is 150 Å². The van der Waals surface area contributed by atoms with Gasteiger partial charge in [0.2, 0.25) is 5.60 Å². The number of aromatic nitrogens is 1. The summed E-state index contributed by atoms with van der Waals surface area (Å²) in [4.78, 5) is 66.1. The molecule has 0 saturated carbocycles. The molecule has 0 fully saturated rings. The van der Waals surface area contributed by atoms with Crippen molar-refractivity contribution in [3.8, 4) is 28.6 Å². The van der Waals surface area contributed by atoms with Crippen LogP contribution in [0.2, 0.25) is 5.02 Å². The van der Waals surface area contributed by atoms with Crippen LogP contribution in [0.5, 0.6) is 17.2 Å². The van der Waals surface area contributed by atoms with Gasteiger partial charge in [-0.1, -0.05) is 16.8 Å². The first kappa shape index (κ1) is 43.1. The summed E-state index contributed by atoms with van der Waals surface area (Å²) in [6.45, 7) is 19.6. The fourth-order valence-corrected chi connectivity index (χ4v) is 7.58. The first-order chi connectivity index (χ1) is 27.0. The quantitative estimate of drug-likeness (QED) is 0.122. The van der Waals surface area contributed by atoms with Gasteiger partial charge in [-0.2, -0.15) is 0 Å². The molecule has 2 N–H and O–H groups in total. The lowest BCUT2D eigenvalue weighted by molar-refractivity contribution is -0.151. The van der Waals surface area contributed by atoms with E-state index in [-0.39, 0.29) is 72.7 Å². The number of aromatic carboxylic acids is 1. The Bertz CT molecular complexity index is 2510. The minimum absolute atomic E-state index is 0.0212. The number of rotatable bonds is 9. The summed E-state index contributed by atoms with van der Waals surface area (Å²) in [6.07, 6.45) is 2.08. The second kappa shape index (κ2) is 15.7. The number of carbonyl (C=O) groups is 5. The molecule has 304 valence electrons. The number of esters is 3. The Labute approximate surface area is 340 Å². The molecule has 1 aliphatic rings. The normalized spacial score (nSPS) is 15.1. The standard InChI is InChI=1S/C44H44ClNO12/c1-17-14-29(47)16-31(54-13)44(17,53)43(52)57-39-26(10)22(6)34(28(12)36(39)45)42(51)56-38-25(9)21(5)33(27(11)35(38)30-15-18(2)46-58-30)41(50)55-37-23(7)19(3)32(40(48)49)20(4)24(37)8/h14-16,53H,1-13H3,(H,48,49)/t44-/m1/s1. The Balaban J connectivity index is 1.59. The molecular weight excluding hydrogens is 770 g/mol. The number of hydrogen-bond donors (Lipinski definition) is 2. The number of hydrogen-bond acceptors (Lipinski definition) is 12. The van der Waals surface area contributed by atoms with Gasteiger partial charge in [0, 0.05) is 12.1 Å². The smallest absolute Gasteiger partial charge is 0.356 e. The summed E-state index contributed by atoms with van der Waals surface area (Å²) in [5, 5.41) is 25.2. The van der Waals surface area contributed by atoms with Gasteiger partial charge in [0.1, 0.15) is 17.3 Å². The van der Waals surface area contributed by atoms with Crippen LogP contribution >= 0.6 is 11.6 Å². The average molecular weight is 814 g/mol. The van der Waals surface area contributed by atoms with Crippen molar-refractivity contribution < 1.29 is 57.7 Å². The summed E-state index contributed by atoms with van der Waals surface area (Å²) in [7, 11) is 1.20. The Morgan fingerprint density at radius 3 is 1.64 bits per heavy atom. The molecule has 1 atom stereocenters. The summed E-state index contributed by atoms with van der Waals surface area (Å²) in [5.74, 6) is -4.20. The van der Waals surface area contributed by atoms with Gasteiger partial charge in [-0.25, -0.2) is 19.2 Å². The number of halogens is 1. The molecule has 1 aliphatic carbocycles. The molecular formula is C44H44ClNO12. The second-order valence-corrected chi connectivity index (χ2v) is 14.9. The number of aryl methyl sites for hydroxylation is 1. The van der Waals surface area contributed by atoms with Crippen molar-refractivity contribution in [2.45, 2.75) is 88.7 Å². The van der Waals surface area contributed by atoms with Crippen LogP contribution < -0.4 is 14.2 Å². The van der Waals surface area contributed by atoms with E-state index in [9.17, 15) is 34.2 Å².